The Morgan fingerprint density at radius 2 is 1.53 bits per heavy atom. The molecule has 0 spiro atoms. The van der Waals surface area contributed by atoms with E-state index in [2.05, 4.69) is 35.8 Å². The third kappa shape index (κ3) is 2.52. The van der Waals surface area contributed by atoms with Gasteiger partial charge in [-0.1, -0.05) is 6.42 Å². The molecule has 2 aliphatic rings. The minimum absolute atomic E-state index is 0.744. The van der Waals surface area contributed by atoms with Gasteiger partial charge in [0.05, 0.1) is 0 Å². The van der Waals surface area contributed by atoms with Crippen molar-refractivity contribution in [2.45, 2.75) is 31.3 Å². The van der Waals surface area contributed by atoms with E-state index in [9.17, 15) is 0 Å². The number of nitrogens with zero attached hydrogens (tertiary/aromatic N) is 3. The molecule has 0 bridgehead atoms. The zero-order valence-electron chi connectivity index (χ0n) is 10.4. The van der Waals surface area contributed by atoms with E-state index in [0.717, 1.165) is 12.1 Å². The van der Waals surface area contributed by atoms with Gasteiger partial charge in [0.25, 0.3) is 0 Å². The van der Waals surface area contributed by atoms with E-state index in [1.165, 1.54) is 45.4 Å². The molecule has 3 nitrogen and oxygen atoms in total. The molecule has 0 aromatic rings. The highest BCUT2D eigenvalue weighted by Crippen LogP contribution is 2.22. The van der Waals surface area contributed by atoms with Crippen molar-refractivity contribution in [3.8, 4) is 0 Å². The summed E-state index contributed by atoms with van der Waals surface area (Å²) >= 11 is 0. The van der Waals surface area contributed by atoms with Crippen LogP contribution in [0.1, 0.15) is 19.3 Å². The van der Waals surface area contributed by atoms with Crippen molar-refractivity contribution in [2.24, 2.45) is 0 Å². The van der Waals surface area contributed by atoms with Crippen LogP contribution >= 0.6 is 0 Å². The molecule has 0 aromatic carbocycles. The topological polar surface area (TPSA) is 9.72 Å². The van der Waals surface area contributed by atoms with Crippen LogP contribution < -0.4 is 0 Å². The summed E-state index contributed by atoms with van der Waals surface area (Å²) in [7, 11) is 6.84. The second-order valence-corrected chi connectivity index (χ2v) is 5.35. The lowest BCUT2D eigenvalue weighted by Crippen LogP contribution is -2.59. The van der Waals surface area contributed by atoms with E-state index >= 15 is 0 Å². The molecule has 2 unspecified atom stereocenters. The third-order valence-corrected chi connectivity index (χ3v) is 4.17. The predicted octanol–water partition coefficient (Wildman–Crippen LogP) is 0.717. The number of likely N-dealkylation sites (N-methyl/N-ethyl adjacent to an activating group) is 3. The van der Waals surface area contributed by atoms with Crippen molar-refractivity contribution in [1.82, 2.24) is 14.7 Å². The zero-order valence-corrected chi connectivity index (χ0v) is 10.4. The van der Waals surface area contributed by atoms with Crippen molar-refractivity contribution in [2.75, 3.05) is 47.3 Å². The summed E-state index contributed by atoms with van der Waals surface area (Å²) in [6.07, 6.45) is 4.20. The minimum atomic E-state index is 0.744. The van der Waals surface area contributed by atoms with E-state index in [0.29, 0.717) is 0 Å². The molecule has 2 rings (SSSR count). The minimum Gasteiger partial charge on any atom is -0.303 e. The highest BCUT2D eigenvalue weighted by Gasteiger charge is 2.33. The first-order chi connectivity index (χ1) is 7.18. The molecular weight excluding hydrogens is 186 g/mol. The normalized spacial score (nSPS) is 37.0. The fraction of sp³-hybridized carbons (Fsp3) is 1.00. The Labute approximate surface area is 94.0 Å². The molecule has 2 fully saturated rings. The van der Waals surface area contributed by atoms with Crippen LogP contribution in [-0.2, 0) is 0 Å². The van der Waals surface area contributed by atoms with Crippen LogP contribution in [0.5, 0.6) is 0 Å². The van der Waals surface area contributed by atoms with E-state index in [1.807, 2.05) is 0 Å². The average molecular weight is 211 g/mol. The Kier molecular flexibility index (Phi) is 3.65. The molecule has 0 radical (unpaired) electrons. The largest absolute Gasteiger partial charge is 0.303 e. The van der Waals surface area contributed by atoms with E-state index < -0.39 is 0 Å². The number of rotatable bonds is 1. The summed E-state index contributed by atoms with van der Waals surface area (Å²) in [6.45, 7) is 4.99. The molecule has 88 valence electrons. The second kappa shape index (κ2) is 4.81. The van der Waals surface area contributed by atoms with Gasteiger partial charge in [0.1, 0.15) is 0 Å². The van der Waals surface area contributed by atoms with Gasteiger partial charge in [-0.05, 0) is 40.5 Å². The lowest BCUT2D eigenvalue weighted by Gasteiger charge is -2.46. The van der Waals surface area contributed by atoms with E-state index in [1.54, 1.807) is 0 Å². The van der Waals surface area contributed by atoms with E-state index in [4.69, 9.17) is 0 Å². The monoisotopic (exact) mass is 211 g/mol. The van der Waals surface area contributed by atoms with Gasteiger partial charge in [0.15, 0.2) is 0 Å². The van der Waals surface area contributed by atoms with Crippen LogP contribution in [0.4, 0.5) is 0 Å². The molecule has 15 heavy (non-hydrogen) atoms. The van der Waals surface area contributed by atoms with Gasteiger partial charge in [-0.15, -0.1) is 0 Å². The molecule has 0 aromatic heterocycles. The molecular formula is C12H25N3. The fourth-order valence-corrected chi connectivity index (χ4v) is 3.05. The quantitative estimate of drug-likeness (QED) is 0.633. The molecule has 0 N–H and O–H groups in total. The Morgan fingerprint density at radius 1 is 0.800 bits per heavy atom. The van der Waals surface area contributed by atoms with Crippen LogP contribution in [0.15, 0.2) is 0 Å². The molecule has 2 aliphatic heterocycles. The van der Waals surface area contributed by atoms with Gasteiger partial charge < -0.3 is 9.80 Å². The first kappa shape index (κ1) is 11.4. The van der Waals surface area contributed by atoms with Crippen LogP contribution in [0.3, 0.4) is 0 Å². The van der Waals surface area contributed by atoms with Crippen LogP contribution in [-0.4, -0.2) is 74.1 Å². The molecule has 2 heterocycles. The van der Waals surface area contributed by atoms with Gasteiger partial charge >= 0.3 is 0 Å². The Morgan fingerprint density at radius 3 is 2.27 bits per heavy atom. The number of piperidine rings is 1. The van der Waals surface area contributed by atoms with Gasteiger partial charge in [-0.3, -0.25) is 4.90 Å². The first-order valence-electron chi connectivity index (χ1n) is 6.27. The van der Waals surface area contributed by atoms with E-state index in [-0.39, 0.29) is 0 Å². The number of piperazine rings is 1. The summed E-state index contributed by atoms with van der Waals surface area (Å²) in [4.78, 5) is 7.61. The van der Waals surface area contributed by atoms with Crippen LogP contribution in [0.2, 0.25) is 0 Å². The lowest BCUT2D eigenvalue weighted by atomic mass is 9.94. The number of likely N-dealkylation sites (tertiary alicyclic amines) is 1. The Bertz CT molecular complexity index is 207. The average Bonchev–Trinajstić information content (AvgIpc) is 2.23. The molecule has 2 saturated heterocycles. The van der Waals surface area contributed by atoms with Gasteiger partial charge in [-0.2, -0.15) is 0 Å². The maximum absolute atomic E-state index is 2.57. The highest BCUT2D eigenvalue weighted by molar-refractivity contribution is 4.91. The molecule has 3 heteroatoms. The summed E-state index contributed by atoms with van der Waals surface area (Å²) in [6, 6.07) is 1.53. The highest BCUT2D eigenvalue weighted by atomic mass is 15.3. The fourth-order valence-electron chi connectivity index (χ4n) is 3.05. The van der Waals surface area contributed by atoms with Gasteiger partial charge in [0.2, 0.25) is 0 Å². The van der Waals surface area contributed by atoms with Crippen molar-refractivity contribution < 1.29 is 0 Å². The first-order valence-corrected chi connectivity index (χ1v) is 6.27. The maximum Gasteiger partial charge on any atom is 0.0376 e. The smallest absolute Gasteiger partial charge is 0.0376 e. The Balaban J connectivity index is 1.99. The summed E-state index contributed by atoms with van der Waals surface area (Å²) in [5.41, 5.74) is 0. The standard InChI is InChI=1S/C12H25N3/c1-13-8-9-15(3)12(10-13)11-6-4-5-7-14(11)2/h11-12H,4-10H2,1-3H3. The van der Waals surface area contributed by atoms with Crippen molar-refractivity contribution >= 4 is 0 Å². The SMILES string of the molecule is CN1CCN(C)C(C2CCCCN2C)C1. The molecule has 0 saturated carbocycles. The summed E-state index contributed by atoms with van der Waals surface area (Å²) < 4.78 is 0. The van der Waals surface area contributed by atoms with Crippen LogP contribution in [0, 0.1) is 0 Å². The number of hydrogen-bond acceptors (Lipinski definition) is 3. The van der Waals surface area contributed by atoms with Gasteiger partial charge in [-0.25, -0.2) is 0 Å². The third-order valence-electron chi connectivity index (χ3n) is 4.17. The van der Waals surface area contributed by atoms with Gasteiger partial charge in [0, 0.05) is 31.7 Å². The summed E-state index contributed by atoms with van der Waals surface area (Å²) in [5, 5.41) is 0. The maximum atomic E-state index is 2.57. The molecule has 2 atom stereocenters. The predicted molar refractivity (Wildman–Crippen MR) is 64.2 cm³/mol. The van der Waals surface area contributed by atoms with Crippen molar-refractivity contribution in [3.63, 3.8) is 0 Å². The van der Waals surface area contributed by atoms with Crippen molar-refractivity contribution in [1.29, 1.82) is 0 Å². The number of hydrogen-bond donors (Lipinski definition) is 0. The Hall–Kier alpha value is -0.120. The van der Waals surface area contributed by atoms with Crippen LogP contribution in [0.25, 0.3) is 0 Å². The lowest BCUT2D eigenvalue weighted by molar-refractivity contribution is 0.0319. The second-order valence-electron chi connectivity index (χ2n) is 5.35. The molecule has 0 aliphatic carbocycles. The zero-order chi connectivity index (χ0) is 10.8. The summed E-state index contributed by atoms with van der Waals surface area (Å²) in [5.74, 6) is 0. The van der Waals surface area contributed by atoms with Crippen molar-refractivity contribution in [3.05, 3.63) is 0 Å². The molecule has 0 amide bonds.